The topological polar surface area (TPSA) is 107 Å². The molecule has 0 atom stereocenters. The van der Waals surface area contributed by atoms with E-state index in [9.17, 15) is 17.6 Å². The Hall–Kier alpha value is -2.83. The lowest BCUT2D eigenvalue weighted by Crippen LogP contribution is -2.22. The number of anilines is 1. The summed E-state index contributed by atoms with van der Waals surface area (Å²) in [6.07, 6.45) is -5.04. The molecule has 1 aromatic rings. The Kier molecular flexibility index (Phi) is 4.47. The molecule has 0 aliphatic carbocycles. The van der Waals surface area contributed by atoms with E-state index in [0.717, 1.165) is 18.2 Å². The van der Waals surface area contributed by atoms with E-state index in [1.807, 2.05) is 5.43 Å². The van der Waals surface area contributed by atoms with Crippen molar-refractivity contribution in [3.8, 4) is 11.8 Å². The number of nitrogens with one attached hydrogen (secondary N) is 2. The number of ether oxygens (including phenoxy) is 1. The fourth-order valence-electron chi connectivity index (χ4n) is 1.06. The molecule has 1 aromatic carbocycles. The summed E-state index contributed by atoms with van der Waals surface area (Å²) < 4.78 is 53.1. The molecule has 1 rings (SSSR count). The summed E-state index contributed by atoms with van der Waals surface area (Å²) in [4.78, 5) is 0. The van der Waals surface area contributed by atoms with E-state index in [1.54, 1.807) is 0 Å². The molecule has 0 aromatic heterocycles. The van der Waals surface area contributed by atoms with Crippen molar-refractivity contribution in [1.82, 2.24) is 0 Å². The van der Waals surface area contributed by atoms with Crippen molar-refractivity contribution in [1.29, 1.82) is 10.7 Å². The van der Waals surface area contributed by atoms with Gasteiger partial charge in [0.15, 0.2) is 17.4 Å². The second-order valence-corrected chi connectivity index (χ2v) is 3.26. The van der Waals surface area contributed by atoms with Crippen LogP contribution >= 0.6 is 0 Å². The van der Waals surface area contributed by atoms with Gasteiger partial charge in [-0.2, -0.15) is 10.4 Å². The van der Waals surface area contributed by atoms with Gasteiger partial charge in [-0.05, 0) is 12.1 Å². The number of halogens is 4. The van der Waals surface area contributed by atoms with Crippen LogP contribution in [0.3, 0.4) is 0 Å². The van der Waals surface area contributed by atoms with Crippen LogP contribution in [0, 0.1) is 22.6 Å². The number of nitrogens with two attached hydrogens (primary N) is 1. The number of alkyl halides is 3. The third-order valence-electron chi connectivity index (χ3n) is 1.84. The number of rotatable bonds is 4. The second kappa shape index (κ2) is 5.87. The molecule has 4 N–H and O–H groups in total. The first-order chi connectivity index (χ1) is 9.24. The molecule has 0 unspecified atom stereocenters. The van der Waals surface area contributed by atoms with Gasteiger partial charge in [-0.1, -0.05) is 6.07 Å². The van der Waals surface area contributed by atoms with Crippen LogP contribution in [0.4, 0.5) is 23.2 Å². The molecule has 106 valence electrons. The predicted molar refractivity (Wildman–Crippen MR) is 61.7 cm³/mol. The second-order valence-electron chi connectivity index (χ2n) is 3.26. The van der Waals surface area contributed by atoms with E-state index >= 15 is 0 Å². The lowest BCUT2D eigenvalue weighted by Gasteiger charge is -2.11. The lowest BCUT2D eigenvalue weighted by molar-refractivity contribution is -0.275. The highest BCUT2D eigenvalue weighted by Gasteiger charge is 2.32. The van der Waals surface area contributed by atoms with Crippen LogP contribution in [0.5, 0.6) is 5.75 Å². The van der Waals surface area contributed by atoms with Crippen molar-refractivity contribution in [3.63, 3.8) is 0 Å². The summed E-state index contributed by atoms with van der Waals surface area (Å²) in [5.41, 5.74) is 5.96. The summed E-state index contributed by atoms with van der Waals surface area (Å²) >= 11 is 0. The third kappa shape index (κ3) is 4.13. The number of amidine groups is 1. The van der Waals surface area contributed by atoms with Gasteiger partial charge in [0.2, 0.25) is 5.71 Å². The quantitative estimate of drug-likeness (QED) is 0.341. The average Bonchev–Trinajstić information content (AvgIpc) is 2.32. The predicted octanol–water partition coefficient (Wildman–Crippen LogP) is 1.95. The number of hydrogen-bond acceptors (Lipinski definition) is 5. The van der Waals surface area contributed by atoms with E-state index in [4.69, 9.17) is 16.4 Å². The minimum atomic E-state index is -5.04. The van der Waals surface area contributed by atoms with Crippen LogP contribution in [0.2, 0.25) is 0 Å². The highest BCUT2D eigenvalue weighted by molar-refractivity contribution is 6.45. The smallest absolute Gasteiger partial charge is 0.403 e. The zero-order chi connectivity index (χ0) is 15.3. The maximum absolute atomic E-state index is 13.6. The third-order valence-corrected chi connectivity index (χ3v) is 1.84. The van der Waals surface area contributed by atoms with Crippen LogP contribution in [0.25, 0.3) is 0 Å². The Morgan fingerprint density at radius 3 is 2.60 bits per heavy atom. The Morgan fingerprint density at radius 1 is 1.45 bits per heavy atom. The van der Waals surface area contributed by atoms with Gasteiger partial charge in [0.1, 0.15) is 6.07 Å². The number of hydrogen-bond donors (Lipinski definition) is 3. The summed E-state index contributed by atoms with van der Waals surface area (Å²) in [5.74, 6) is -3.09. The molecule has 0 bridgehead atoms. The Balaban J connectivity index is 3.01. The molecule has 0 fully saturated rings. The lowest BCUT2D eigenvalue weighted by atomic mass is 10.3. The van der Waals surface area contributed by atoms with Gasteiger partial charge in [0.05, 0.1) is 5.69 Å². The first kappa shape index (κ1) is 15.2. The van der Waals surface area contributed by atoms with Crippen molar-refractivity contribution in [2.45, 2.75) is 6.36 Å². The Morgan fingerprint density at radius 2 is 2.10 bits per heavy atom. The first-order valence-corrected chi connectivity index (χ1v) is 4.87. The number of nitriles is 1. The van der Waals surface area contributed by atoms with Gasteiger partial charge >= 0.3 is 6.36 Å². The van der Waals surface area contributed by atoms with Gasteiger partial charge in [-0.15, -0.1) is 13.2 Å². The number of hydrazone groups is 1. The monoisotopic (exact) mass is 289 g/mol. The largest absolute Gasteiger partial charge is 0.573 e. The van der Waals surface area contributed by atoms with E-state index in [0.29, 0.717) is 0 Å². The van der Waals surface area contributed by atoms with E-state index in [-0.39, 0.29) is 0 Å². The van der Waals surface area contributed by atoms with Crippen molar-refractivity contribution < 1.29 is 22.3 Å². The SMILES string of the molecule is N#C/C(=N\Nc1cccc(OC(F)(F)F)c1F)C(=N)N. The maximum Gasteiger partial charge on any atom is 0.573 e. The van der Waals surface area contributed by atoms with E-state index < -0.39 is 35.2 Å². The molecule has 0 spiro atoms. The van der Waals surface area contributed by atoms with E-state index in [2.05, 4.69) is 9.84 Å². The summed E-state index contributed by atoms with van der Waals surface area (Å²) in [5, 5.41) is 18.8. The molecular weight excluding hydrogens is 282 g/mol. The van der Waals surface area contributed by atoms with Crippen molar-refractivity contribution in [3.05, 3.63) is 24.0 Å². The summed E-state index contributed by atoms with van der Waals surface area (Å²) in [6, 6.07) is 4.37. The highest BCUT2D eigenvalue weighted by Crippen LogP contribution is 2.29. The van der Waals surface area contributed by atoms with Crippen molar-refractivity contribution >= 4 is 17.2 Å². The highest BCUT2D eigenvalue weighted by atomic mass is 19.4. The fraction of sp³-hybridized carbons (Fsp3) is 0.100. The molecule has 10 heteroatoms. The van der Waals surface area contributed by atoms with Crippen LogP contribution in [0.15, 0.2) is 23.3 Å². The minimum absolute atomic E-state index is 0.472. The summed E-state index contributed by atoms with van der Waals surface area (Å²) in [6.45, 7) is 0. The molecule has 0 amide bonds. The Bertz CT molecular complexity index is 590. The molecule has 0 aliphatic rings. The molecule has 20 heavy (non-hydrogen) atoms. The fourth-order valence-corrected chi connectivity index (χ4v) is 1.06. The zero-order valence-electron chi connectivity index (χ0n) is 9.62. The molecule has 0 heterocycles. The normalized spacial score (nSPS) is 11.7. The van der Waals surface area contributed by atoms with Crippen LogP contribution < -0.4 is 15.9 Å². The molecule has 0 saturated carbocycles. The standard InChI is InChI=1S/C10H7F4N5O/c11-8-5(18-19-6(4-15)9(16)17)2-1-3-7(8)20-10(12,13)14/h1-3,18H,(H3,16,17)/b19-6+. The molecular formula is C10H7F4N5O. The van der Waals surface area contributed by atoms with Gasteiger partial charge in [0, 0.05) is 0 Å². The van der Waals surface area contributed by atoms with Crippen molar-refractivity contribution in [2.75, 3.05) is 5.43 Å². The zero-order valence-corrected chi connectivity index (χ0v) is 9.62. The Labute approximate surface area is 110 Å². The number of nitrogens with zero attached hydrogens (tertiary/aromatic N) is 2. The number of benzene rings is 1. The van der Waals surface area contributed by atoms with Gasteiger partial charge in [-0.3, -0.25) is 10.8 Å². The molecule has 0 saturated heterocycles. The molecule has 0 radical (unpaired) electrons. The van der Waals surface area contributed by atoms with Crippen LogP contribution in [-0.2, 0) is 0 Å². The van der Waals surface area contributed by atoms with Crippen molar-refractivity contribution in [2.24, 2.45) is 10.8 Å². The molecule has 6 nitrogen and oxygen atoms in total. The minimum Gasteiger partial charge on any atom is -0.403 e. The van der Waals surface area contributed by atoms with Crippen LogP contribution in [-0.4, -0.2) is 17.9 Å². The molecule has 0 aliphatic heterocycles. The first-order valence-electron chi connectivity index (χ1n) is 4.87. The van der Waals surface area contributed by atoms with Gasteiger partial charge < -0.3 is 10.5 Å². The summed E-state index contributed by atoms with van der Waals surface area (Å²) in [7, 11) is 0. The average molecular weight is 289 g/mol. The van der Waals surface area contributed by atoms with Gasteiger partial charge in [-0.25, -0.2) is 4.39 Å². The van der Waals surface area contributed by atoms with Gasteiger partial charge in [0.25, 0.3) is 0 Å². The maximum atomic E-state index is 13.6. The van der Waals surface area contributed by atoms with Crippen LogP contribution in [0.1, 0.15) is 0 Å². The van der Waals surface area contributed by atoms with E-state index in [1.165, 1.54) is 6.07 Å².